The van der Waals surface area contributed by atoms with Crippen molar-refractivity contribution in [3.63, 3.8) is 0 Å². The number of benzene rings is 1. The maximum Gasteiger partial charge on any atom is 0.337 e. The summed E-state index contributed by atoms with van der Waals surface area (Å²) < 4.78 is 0. The molecular formula is C9H2Cl2N2O2. The third-order valence-corrected chi connectivity index (χ3v) is 2.46. The zero-order chi connectivity index (χ0) is 11.6. The fourth-order valence-corrected chi connectivity index (χ4v) is 1.41. The Hall–Kier alpha value is -1.75. The van der Waals surface area contributed by atoms with Crippen LogP contribution in [0.1, 0.15) is 21.5 Å². The highest BCUT2D eigenvalue weighted by Crippen LogP contribution is 2.30. The van der Waals surface area contributed by atoms with E-state index in [1.165, 1.54) is 0 Å². The molecule has 0 aliphatic rings. The Kier molecular flexibility index (Phi) is 3.16. The van der Waals surface area contributed by atoms with Crippen LogP contribution in [-0.4, -0.2) is 11.1 Å². The SMILES string of the molecule is N#Cc1c(C(=O)O)cc(Cl)c(Cl)c1C#N. The average molecular weight is 241 g/mol. The summed E-state index contributed by atoms with van der Waals surface area (Å²) in [6.45, 7) is 0. The molecule has 0 unspecified atom stereocenters. The molecule has 0 bridgehead atoms. The summed E-state index contributed by atoms with van der Waals surface area (Å²) in [6.07, 6.45) is 0. The first-order valence-corrected chi connectivity index (χ1v) is 4.34. The molecule has 0 radical (unpaired) electrons. The quantitative estimate of drug-likeness (QED) is 0.817. The molecule has 0 saturated carbocycles. The molecule has 0 heterocycles. The van der Waals surface area contributed by atoms with Crippen LogP contribution < -0.4 is 0 Å². The molecule has 1 aromatic carbocycles. The molecule has 0 saturated heterocycles. The lowest BCUT2D eigenvalue weighted by Gasteiger charge is -2.04. The Morgan fingerprint density at radius 2 is 1.80 bits per heavy atom. The van der Waals surface area contributed by atoms with Gasteiger partial charge in [0, 0.05) is 0 Å². The molecule has 1 aromatic rings. The number of rotatable bonds is 1. The number of aromatic carboxylic acids is 1. The normalized spacial score (nSPS) is 9.07. The van der Waals surface area contributed by atoms with Crippen LogP contribution in [-0.2, 0) is 0 Å². The van der Waals surface area contributed by atoms with Crippen LogP contribution in [0.5, 0.6) is 0 Å². The van der Waals surface area contributed by atoms with E-state index in [2.05, 4.69) is 0 Å². The monoisotopic (exact) mass is 240 g/mol. The van der Waals surface area contributed by atoms with E-state index in [0.29, 0.717) is 0 Å². The van der Waals surface area contributed by atoms with Crippen LogP contribution in [0.15, 0.2) is 6.07 Å². The minimum absolute atomic E-state index is 0.0652. The third kappa shape index (κ3) is 1.87. The summed E-state index contributed by atoms with van der Waals surface area (Å²) >= 11 is 11.3. The standard InChI is InChI=1S/C9H2Cl2N2O2/c10-7-1-4(9(14)15)5(2-12)6(3-13)8(7)11/h1H,(H,14,15). The van der Waals surface area contributed by atoms with Crippen molar-refractivity contribution in [2.75, 3.05) is 0 Å². The zero-order valence-corrected chi connectivity index (χ0v) is 8.60. The smallest absolute Gasteiger partial charge is 0.337 e. The van der Waals surface area contributed by atoms with Crippen LogP contribution in [0.2, 0.25) is 10.0 Å². The Morgan fingerprint density at radius 3 is 2.20 bits per heavy atom. The van der Waals surface area contributed by atoms with Gasteiger partial charge in [0.1, 0.15) is 12.1 Å². The Balaban J connectivity index is 3.74. The van der Waals surface area contributed by atoms with E-state index in [0.717, 1.165) is 6.07 Å². The van der Waals surface area contributed by atoms with Crippen LogP contribution in [0.25, 0.3) is 0 Å². The molecule has 0 aromatic heterocycles. The predicted octanol–water partition coefficient (Wildman–Crippen LogP) is 2.43. The van der Waals surface area contributed by atoms with Crippen molar-refractivity contribution in [1.82, 2.24) is 0 Å². The second kappa shape index (κ2) is 4.18. The number of carboxylic acids is 1. The van der Waals surface area contributed by atoms with E-state index in [1.54, 1.807) is 12.1 Å². The highest BCUT2D eigenvalue weighted by Gasteiger charge is 2.19. The molecule has 1 rings (SSSR count). The van der Waals surface area contributed by atoms with E-state index in [9.17, 15) is 4.79 Å². The fraction of sp³-hybridized carbons (Fsp3) is 0. The number of nitrogens with zero attached hydrogens (tertiary/aromatic N) is 2. The largest absolute Gasteiger partial charge is 0.478 e. The van der Waals surface area contributed by atoms with Gasteiger partial charge in [0.25, 0.3) is 0 Å². The molecule has 15 heavy (non-hydrogen) atoms. The third-order valence-electron chi connectivity index (χ3n) is 1.67. The number of hydrogen-bond acceptors (Lipinski definition) is 3. The van der Waals surface area contributed by atoms with Gasteiger partial charge in [-0.05, 0) is 6.07 Å². The maximum atomic E-state index is 10.8. The summed E-state index contributed by atoms with van der Waals surface area (Å²) in [7, 11) is 0. The van der Waals surface area contributed by atoms with Gasteiger partial charge in [-0.15, -0.1) is 0 Å². The van der Waals surface area contributed by atoms with Gasteiger partial charge in [-0.1, -0.05) is 23.2 Å². The Morgan fingerprint density at radius 1 is 1.27 bits per heavy atom. The van der Waals surface area contributed by atoms with Crippen molar-refractivity contribution in [3.8, 4) is 12.1 Å². The van der Waals surface area contributed by atoms with E-state index >= 15 is 0 Å². The van der Waals surface area contributed by atoms with Gasteiger partial charge in [-0.3, -0.25) is 0 Å². The summed E-state index contributed by atoms with van der Waals surface area (Å²) in [4.78, 5) is 10.8. The number of carboxylic acid groups (broad SMARTS) is 1. The average Bonchev–Trinajstić information content (AvgIpc) is 2.20. The van der Waals surface area contributed by atoms with Crippen molar-refractivity contribution < 1.29 is 9.90 Å². The second-order valence-corrected chi connectivity index (χ2v) is 3.28. The highest BCUT2D eigenvalue weighted by atomic mass is 35.5. The molecule has 0 aliphatic heterocycles. The van der Waals surface area contributed by atoms with Crippen molar-refractivity contribution in [3.05, 3.63) is 32.8 Å². The van der Waals surface area contributed by atoms with Crippen molar-refractivity contribution >= 4 is 29.2 Å². The minimum atomic E-state index is -1.33. The van der Waals surface area contributed by atoms with Gasteiger partial charge in [0.05, 0.1) is 26.7 Å². The van der Waals surface area contributed by atoms with Crippen molar-refractivity contribution in [2.45, 2.75) is 0 Å². The molecule has 0 amide bonds. The van der Waals surface area contributed by atoms with Crippen LogP contribution in [0, 0.1) is 22.7 Å². The lowest BCUT2D eigenvalue weighted by atomic mass is 10.0. The summed E-state index contributed by atoms with van der Waals surface area (Å²) in [6, 6.07) is 4.31. The maximum absolute atomic E-state index is 10.8. The molecule has 0 spiro atoms. The first-order valence-electron chi connectivity index (χ1n) is 3.58. The van der Waals surface area contributed by atoms with Gasteiger partial charge in [-0.25, -0.2) is 4.79 Å². The van der Waals surface area contributed by atoms with Crippen LogP contribution in [0.3, 0.4) is 0 Å². The van der Waals surface area contributed by atoms with Gasteiger partial charge >= 0.3 is 5.97 Å². The molecule has 0 atom stereocenters. The van der Waals surface area contributed by atoms with E-state index in [-0.39, 0.29) is 26.7 Å². The molecular weight excluding hydrogens is 239 g/mol. The van der Waals surface area contributed by atoms with E-state index < -0.39 is 5.97 Å². The predicted molar refractivity (Wildman–Crippen MR) is 52.9 cm³/mol. The first kappa shape index (κ1) is 11.3. The number of halogens is 2. The first-order chi connectivity index (χ1) is 7.02. The Labute approximate surface area is 94.9 Å². The van der Waals surface area contributed by atoms with Gasteiger partial charge in [0.2, 0.25) is 0 Å². The van der Waals surface area contributed by atoms with Crippen molar-refractivity contribution in [1.29, 1.82) is 10.5 Å². The van der Waals surface area contributed by atoms with Crippen LogP contribution >= 0.6 is 23.2 Å². The summed E-state index contributed by atoms with van der Waals surface area (Å²) in [5.41, 5.74) is -0.827. The van der Waals surface area contributed by atoms with E-state index in [4.69, 9.17) is 38.8 Å². The molecule has 6 heteroatoms. The van der Waals surface area contributed by atoms with E-state index in [1.807, 2.05) is 0 Å². The van der Waals surface area contributed by atoms with Gasteiger partial charge in [0.15, 0.2) is 0 Å². The Bertz CT molecular complexity index is 526. The lowest BCUT2D eigenvalue weighted by Crippen LogP contribution is -2.03. The minimum Gasteiger partial charge on any atom is -0.478 e. The lowest BCUT2D eigenvalue weighted by molar-refractivity contribution is 0.0696. The molecule has 4 nitrogen and oxygen atoms in total. The zero-order valence-electron chi connectivity index (χ0n) is 7.08. The topological polar surface area (TPSA) is 84.9 Å². The van der Waals surface area contributed by atoms with Gasteiger partial charge < -0.3 is 5.11 Å². The second-order valence-electron chi connectivity index (χ2n) is 2.50. The summed E-state index contributed by atoms with van der Waals surface area (Å²) in [5.74, 6) is -1.33. The molecule has 0 fully saturated rings. The van der Waals surface area contributed by atoms with Gasteiger partial charge in [-0.2, -0.15) is 10.5 Å². The number of hydrogen-bond donors (Lipinski definition) is 1. The highest BCUT2D eigenvalue weighted by molar-refractivity contribution is 6.43. The molecule has 1 N–H and O–H groups in total. The fourth-order valence-electron chi connectivity index (χ4n) is 1.02. The summed E-state index contributed by atoms with van der Waals surface area (Å²) in [5, 5.41) is 26.0. The molecule has 0 aliphatic carbocycles. The molecule has 74 valence electrons. The number of carbonyl (C=O) groups is 1. The van der Waals surface area contributed by atoms with Crippen molar-refractivity contribution in [2.24, 2.45) is 0 Å². The number of nitriles is 2. The van der Waals surface area contributed by atoms with Crippen LogP contribution in [0.4, 0.5) is 0 Å².